The minimum Gasteiger partial charge on any atom is -0.497 e. The zero-order valence-electron chi connectivity index (χ0n) is 21.6. The predicted octanol–water partition coefficient (Wildman–Crippen LogP) is 5.87. The normalized spacial score (nSPS) is 16.4. The minimum absolute atomic E-state index is 0.00981. The van der Waals surface area contributed by atoms with Crippen molar-refractivity contribution in [2.24, 2.45) is 11.1 Å². The molecule has 0 amide bonds. The number of piperidine rings is 1. The lowest BCUT2D eigenvalue weighted by Crippen LogP contribution is -2.45. The van der Waals surface area contributed by atoms with Crippen LogP contribution >= 0.6 is 11.8 Å². The maximum Gasteiger partial charge on any atom is 0.309 e. The summed E-state index contributed by atoms with van der Waals surface area (Å²) in [5, 5.41) is 10.7. The van der Waals surface area contributed by atoms with Crippen LogP contribution in [0.4, 0.5) is 17.6 Å². The number of likely N-dealkylation sites (tertiary alicyclic amines) is 1. The average molecular weight is 566 g/mol. The first kappa shape index (κ1) is 29.1. The van der Waals surface area contributed by atoms with Gasteiger partial charge in [0, 0.05) is 47.0 Å². The van der Waals surface area contributed by atoms with E-state index in [2.05, 4.69) is 4.98 Å². The zero-order valence-corrected chi connectivity index (χ0v) is 22.4. The van der Waals surface area contributed by atoms with Crippen LogP contribution in [-0.2, 0) is 11.3 Å². The third-order valence-electron chi connectivity index (χ3n) is 7.50. The number of halogens is 4. The number of aromatic nitrogens is 1. The molecule has 1 atom stereocenters. The first-order valence-electron chi connectivity index (χ1n) is 12.7. The van der Waals surface area contributed by atoms with Gasteiger partial charge in [-0.15, -0.1) is 11.8 Å². The summed E-state index contributed by atoms with van der Waals surface area (Å²) in [4.78, 5) is 18.6. The number of carboxylic acids is 1. The summed E-state index contributed by atoms with van der Waals surface area (Å²) in [6.45, 7) is 1.52. The number of thioether (sulfide) groups is 1. The molecule has 0 unspecified atom stereocenters. The molecule has 3 aromatic rings. The van der Waals surface area contributed by atoms with Gasteiger partial charge < -0.3 is 20.5 Å². The number of rotatable bonds is 11. The number of nitrogens with zero attached hydrogens (tertiary/aromatic N) is 2. The van der Waals surface area contributed by atoms with Crippen molar-refractivity contribution in [1.82, 2.24) is 9.88 Å². The molecule has 2 aromatic carbocycles. The van der Waals surface area contributed by atoms with Gasteiger partial charge in [-0.3, -0.25) is 9.78 Å². The fraction of sp³-hybridized carbons (Fsp3) is 0.429. The van der Waals surface area contributed by atoms with Crippen LogP contribution in [0.3, 0.4) is 0 Å². The van der Waals surface area contributed by atoms with Gasteiger partial charge in [-0.2, -0.15) is 0 Å². The highest BCUT2D eigenvalue weighted by molar-refractivity contribution is 7.99. The highest BCUT2D eigenvalue weighted by Gasteiger charge is 2.41. The monoisotopic (exact) mass is 565 g/mol. The number of nitrogens with two attached hydrogens (primary N) is 1. The molecule has 1 aromatic heterocycles. The molecular weight excluding hydrogens is 534 g/mol. The number of alkyl halides is 1. The molecule has 1 saturated heterocycles. The van der Waals surface area contributed by atoms with Gasteiger partial charge in [-0.05, 0) is 68.6 Å². The summed E-state index contributed by atoms with van der Waals surface area (Å²) < 4.78 is 61.9. The highest BCUT2D eigenvalue weighted by atomic mass is 32.2. The van der Waals surface area contributed by atoms with Crippen molar-refractivity contribution in [2.75, 3.05) is 32.5 Å². The number of ether oxygens (including phenoxy) is 1. The quantitative estimate of drug-likeness (QED) is 0.171. The fourth-order valence-corrected chi connectivity index (χ4v) is 6.13. The van der Waals surface area contributed by atoms with Crippen LogP contribution in [0.15, 0.2) is 41.4 Å². The van der Waals surface area contributed by atoms with Gasteiger partial charge in [0.2, 0.25) is 0 Å². The van der Waals surface area contributed by atoms with Gasteiger partial charge in [0.25, 0.3) is 0 Å². The largest absolute Gasteiger partial charge is 0.497 e. The second-order valence-electron chi connectivity index (χ2n) is 9.77. The van der Waals surface area contributed by atoms with E-state index in [0.29, 0.717) is 72.1 Å². The molecule has 0 spiro atoms. The van der Waals surface area contributed by atoms with E-state index in [1.54, 1.807) is 24.4 Å². The van der Waals surface area contributed by atoms with Crippen LogP contribution in [0, 0.1) is 22.9 Å². The maximum atomic E-state index is 15.8. The Kier molecular flexibility index (Phi) is 9.35. The van der Waals surface area contributed by atoms with Crippen molar-refractivity contribution in [2.45, 2.75) is 43.3 Å². The van der Waals surface area contributed by atoms with Gasteiger partial charge in [0.05, 0.1) is 18.0 Å². The fourth-order valence-electron chi connectivity index (χ4n) is 5.14. The predicted molar refractivity (Wildman–Crippen MR) is 142 cm³/mol. The summed E-state index contributed by atoms with van der Waals surface area (Å²) in [5.41, 5.74) is 6.39. The molecule has 1 fully saturated rings. The van der Waals surface area contributed by atoms with E-state index in [1.807, 2.05) is 4.90 Å². The zero-order chi connectivity index (χ0) is 28.2. The van der Waals surface area contributed by atoms with Gasteiger partial charge in [0.15, 0.2) is 11.6 Å². The Bertz CT molecular complexity index is 1330. The number of pyridine rings is 1. The van der Waals surface area contributed by atoms with Gasteiger partial charge in [0.1, 0.15) is 17.7 Å². The summed E-state index contributed by atoms with van der Waals surface area (Å²) in [6.07, 6.45) is 0.945. The van der Waals surface area contributed by atoms with Crippen molar-refractivity contribution < 1.29 is 32.2 Å². The standard InChI is InChI=1S/C28H31F4N3O3S/c1-38-19-2-3-23-20(14-19)25(17(15-33)16-34-23)21(30)4-5-28(27(36)37)6-8-35(9-7-28)10-11-39-24-13-18(29)12-22(31)26(24)32/h2-3,12-14,16,21H,4-11,15,33H2,1H3,(H,36,37)/t21-/m1/s1. The van der Waals surface area contributed by atoms with Crippen LogP contribution < -0.4 is 10.5 Å². The second-order valence-corrected chi connectivity index (χ2v) is 10.9. The number of methoxy groups -OCH3 is 1. The van der Waals surface area contributed by atoms with E-state index in [0.717, 1.165) is 17.8 Å². The molecule has 1 aliphatic heterocycles. The molecule has 3 N–H and O–H groups in total. The van der Waals surface area contributed by atoms with Crippen LogP contribution in [0.2, 0.25) is 0 Å². The Morgan fingerprint density at radius 2 is 1.97 bits per heavy atom. The van der Waals surface area contributed by atoms with E-state index in [9.17, 15) is 23.1 Å². The number of fused-ring (bicyclic) bond motifs is 1. The highest BCUT2D eigenvalue weighted by Crippen LogP contribution is 2.41. The molecule has 210 valence electrons. The minimum atomic E-state index is -1.44. The lowest BCUT2D eigenvalue weighted by molar-refractivity contribution is -0.153. The number of hydrogen-bond donors (Lipinski definition) is 2. The first-order valence-corrected chi connectivity index (χ1v) is 13.7. The van der Waals surface area contributed by atoms with E-state index in [-0.39, 0.29) is 24.3 Å². The van der Waals surface area contributed by atoms with Crippen molar-refractivity contribution >= 4 is 28.6 Å². The van der Waals surface area contributed by atoms with Crippen molar-refractivity contribution in [3.63, 3.8) is 0 Å². The van der Waals surface area contributed by atoms with Gasteiger partial charge in [-0.25, -0.2) is 17.6 Å². The lowest BCUT2D eigenvalue weighted by atomic mass is 9.74. The Balaban J connectivity index is 1.39. The molecule has 11 heteroatoms. The maximum absolute atomic E-state index is 15.8. The van der Waals surface area contributed by atoms with E-state index in [1.165, 1.54) is 7.11 Å². The van der Waals surface area contributed by atoms with Crippen LogP contribution in [0.5, 0.6) is 5.75 Å². The summed E-state index contributed by atoms with van der Waals surface area (Å²) in [5.74, 6) is -3.17. The Labute approximate surface area is 228 Å². The number of carbonyl (C=O) groups is 1. The van der Waals surface area contributed by atoms with E-state index >= 15 is 4.39 Å². The van der Waals surface area contributed by atoms with E-state index in [4.69, 9.17) is 10.5 Å². The molecule has 2 heterocycles. The molecule has 0 aliphatic carbocycles. The number of aliphatic carboxylic acids is 1. The Hall–Kier alpha value is -2.89. The smallest absolute Gasteiger partial charge is 0.309 e. The third kappa shape index (κ3) is 6.47. The van der Waals surface area contributed by atoms with Crippen LogP contribution in [0.25, 0.3) is 10.9 Å². The summed E-state index contributed by atoms with van der Waals surface area (Å²) in [7, 11) is 1.52. The Morgan fingerprint density at radius 3 is 2.64 bits per heavy atom. The lowest BCUT2D eigenvalue weighted by Gasteiger charge is -2.39. The molecule has 6 nitrogen and oxygen atoms in total. The molecule has 0 saturated carbocycles. The molecule has 0 radical (unpaired) electrons. The topological polar surface area (TPSA) is 88.7 Å². The molecule has 0 bridgehead atoms. The van der Waals surface area contributed by atoms with E-state index < -0.39 is 35.0 Å². The number of hydrogen-bond acceptors (Lipinski definition) is 6. The molecule has 1 aliphatic rings. The second kappa shape index (κ2) is 12.5. The average Bonchev–Trinajstić information content (AvgIpc) is 2.93. The Morgan fingerprint density at radius 1 is 1.23 bits per heavy atom. The number of benzene rings is 2. The first-order chi connectivity index (χ1) is 18.7. The van der Waals surface area contributed by atoms with Crippen molar-refractivity contribution in [3.8, 4) is 5.75 Å². The van der Waals surface area contributed by atoms with Crippen LogP contribution in [0.1, 0.15) is 43.0 Å². The van der Waals surface area contributed by atoms with Gasteiger partial charge >= 0.3 is 5.97 Å². The third-order valence-corrected chi connectivity index (χ3v) is 8.50. The van der Waals surface area contributed by atoms with Crippen molar-refractivity contribution in [3.05, 3.63) is 65.1 Å². The number of carboxylic acid groups (broad SMARTS) is 1. The summed E-state index contributed by atoms with van der Waals surface area (Å²) in [6, 6.07) is 6.67. The van der Waals surface area contributed by atoms with Gasteiger partial charge in [-0.1, -0.05) is 0 Å². The van der Waals surface area contributed by atoms with Crippen molar-refractivity contribution in [1.29, 1.82) is 0 Å². The summed E-state index contributed by atoms with van der Waals surface area (Å²) >= 11 is 1.01. The molecule has 39 heavy (non-hydrogen) atoms. The van der Waals surface area contributed by atoms with Crippen LogP contribution in [-0.4, -0.2) is 53.5 Å². The SMILES string of the molecule is COc1ccc2ncc(CN)c([C@H](F)CCC3(C(=O)O)CCN(CCSc4cc(F)cc(F)c4F)CC3)c2c1. The molecular formula is C28H31F4N3O3S. The molecule has 4 rings (SSSR count).